The van der Waals surface area contributed by atoms with Gasteiger partial charge in [0, 0.05) is 12.3 Å². The molecule has 2 aromatic rings. The molecule has 0 aliphatic heterocycles. The molecule has 1 aromatic carbocycles. The van der Waals surface area contributed by atoms with Crippen LogP contribution in [0.15, 0.2) is 34.1 Å². The summed E-state index contributed by atoms with van der Waals surface area (Å²) in [5, 5.41) is 20.6. The SMILES string of the molecule is Cc1c(C=Nc2ccccc2Cl)c(O)n(C2CCCC2)c(=O)c1C#N. The fourth-order valence-corrected chi connectivity index (χ4v) is 3.47. The van der Waals surface area contributed by atoms with Crippen molar-refractivity contribution in [3.8, 4) is 11.9 Å². The number of aromatic nitrogens is 1. The summed E-state index contributed by atoms with van der Waals surface area (Å²) in [4.78, 5) is 17.0. The van der Waals surface area contributed by atoms with Gasteiger partial charge in [0.15, 0.2) is 0 Å². The maximum absolute atomic E-state index is 12.6. The molecule has 0 atom stereocenters. The molecule has 1 aliphatic rings. The van der Waals surface area contributed by atoms with Gasteiger partial charge < -0.3 is 5.11 Å². The highest BCUT2D eigenvalue weighted by atomic mass is 35.5. The molecule has 0 amide bonds. The lowest BCUT2D eigenvalue weighted by molar-refractivity contribution is 0.368. The molecular formula is C19H18ClN3O2. The van der Waals surface area contributed by atoms with Crippen molar-refractivity contribution in [3.63, 3.8) is 0 Å². The van der Waals surface area contributed by atoms with E-state index >= 15 is 0 Å². The second-order valence-electron chi connectivity index (χ2n) is 6.17. The Balaban J connectivity index is 2.16. The molecule has 1 N–H and O–H groups in total. The second-order valence-corrected chi connectivity index (χ2v) is 6.58. The molecule has 0 saturated heterocycles. The zero-order valence-electron chi connectivity index (χ0n) is 13.9. The van der Waals surface area contributed by atoms with Crippen LogP contribution in [0.2, 0.25) is 5.02 Å². The summed E-state index contributed by atoms with van der Waals surface area (Å²) in [5.74, 6) is -0.135. The molecule has 1 fully saturated rings. The lowest BCUT2D eigenvalue weighted by Crippen LogP contribution is -2.28. The molecular weight excluding hydrogens is 338 g/mol. The first-order valence-electron chi connectivity index (χ1n) is 8.21. The van der Waals surface area contributed by atoms with Crippen molar-refractivity contribution in [2.45, 2.75) is 38.6 Å². The predicted octanol–water partition coefficient (Wildman–Crippen LogP) is 4.25. The van der Waals surface area contributed by atoms with Crippen LogP contribution in [0.3, 0.4) is 0 Å². The topological polar surface area (TPSA) is 78.4 Å². The van der Waals surface area contributed by atoms with E-state index in [-0.39, 0.29) is 17.5 Å². The fraction of sp³-hybridized carbons (Fsp3) is 0.316. The molecule has 25 heavy (non-hydrogen) atoms. The molecule has 1 aliphatic carbocycles. The van der Waals surface area contributed by atoms with Gasteiger partial charge in [0.05, 0.1) is 16.3 Å². The first-order chi connectivity index (χ1) is 12.0. The van der Waals surface area contributed by atoms with Crippen molar-refractivity contribution in [1.82, 2.24) is 4.57 Å². The number of nitrogens with zero attached hydrogens (tertiary/aromatic N) is 3. The average Bonchev–Trinajstić information content (AvgIpc) is 3.11. The van der Waals surface area contributed by atoms with E-state index in [4.69, 9.17) is 11.6 Å². The normalized spacial score (nSPS) is 14.9. The smallest absolute Gasteiger partial charge is 0.271 e. The Morgan fingerprint density at radius 1 is 1.36 bits per heavy atom. The molecule has 3 rings (SSSR count). The summed E-state index contributed by atoms with van der Waals surface area (Å²) < 4.78 is 1.35. The van der Waals surface area contributed by atoms with Crippen molar-refractivity contribution < 1.29 is 5.11 Å². The minimum atomic E-state index is -0.431. The molecule has 1 saturated carbocycles. The number of nitriles is 1. The Morgan fingerprint density at radius 3 is 2.68 bits per heavy atom. The van der Waals surface area contributed by atoms with E-state index in [2.05, 4.69) is 4.99 Å². The zero-order valence-corrected chi connectivity index (χ0v) is 14.6. The quantitative estimate of drug-likeness (QED) is 0.836. The lowest BCUT2D eigenvalue weighted by atomic mass is 10.0. The third kappa shape index (κ3) is 3.18. The van der Waals surface area contributed by atoms with Crippen LogP contribution in [0.5, 0.6) is 5.88 Å². The Morgan fingerprint density at radius 2 is 2.04 bits per heavy atom. The monoisotopic (exact) mass is 355 g/mol. The maximum atomic E-state index is 12.6. The summed E-state index contributed by atoms with van der Waals surface area (Å²) >= 11 is 6.10. The maximum Gasteiger partial charge on any atom is 0.271 e. The Kier molecular flexibility index (Phi) is 4.91. The van der Waals surface area contributed by atoms with Crippen LogP contribution in [0.1, 0.15) is 48.4 Å². The molecule has 1 heterocycles. The van der Waals surface area contributed by atoms with Crippen LogP contribution >= 0.6 is 11.6 Å². The minimum absolute atomic E-state index is 0.0466. The third-order valence-corrected chi connectivity index (χ3v) is 4.99. The number of aliphatic imine (C=N–C) groups is 1. The number of aromatic hydroxyl groups is 1. The first kappa shape index (κ1) is 17.2. The number of pyridine rings is 1. The van der Waals surface area contributed by atoms with Crippen LogP contribution in [0.4, 0.5) is 5.69 Å². The molecule has 0 spiro atoms. The summed E-state index contributed by atoms with van der Waals surface area (Å²) in [6, 6.07) is 8.99. The van der Waals surface area contributed by atoms with Crippen LogP contribution in [0.25, 0.3) is 0 Å². The van der Waals surface area contributed by atoms with E-state index in [1.165, 1.54) is 10.8 Å². The minimum Gasteiger partial charge on any atom is -0.494 e. The van der Waals surface area contributed by atoms with E-state index < -0.39 is 5.56 Å². The van der Waals surface area contributed by atoms with Crippen molar-refractivity contribution in [2.75, 3.05) is 0 Å². The molecule has 0 radical (unpaired) electrons. The number of hydrogen-bond acceptors (Lipinski definition) is 4. The van der Waals surface area contributed by atoms with Crippen LogP contribution in [-0.2, 0) is 0 Å². The van der Waals surface area contributed by atoms with Gasteiger partial charge in [-0.2, -0.15) is 5.26 Å². The number of halogens is 1. The molecule has 1 aromatic heterocycles. The van der Waals surface area contributed by atoms with Gasteiger partial charge in [0.25, 0.3) is 5.56 Å². The van der Waals surface area contributed by atoms with Crippen molar-refractivity contribution in [1.29, 1.82) is 5.26 Å². The van der Waals surface area contributed by atoms with Crippen molar-refractivity contribution in [3.05, 3.63) is 56.3 Å². The third-order valence-electron chi connectivity index (χ3n) is 4.67. The highest BCUT2D eigenvalue weighted by Crippen LogP contribution is 2.33. The van der Waals surface area contributed by atoms with Crippen LogP contribution in [0, 0.1) is 18.3 Å². The Hall–Kier alpha value is -2.58. The standard InChI is InChI=1S/C19H18ClN3O2/c1-12-14(10-21)18(24)23(13-6-2-3-7-13)19(25)15(12)11-22-17-9-5-4-8-16(17)20/h4-5,8-9,11,13,25H,2-3,6-7H2,1H3. The first-order valence-corrected chi connectivity index (χ1v) is 8.59. The van der Waals surface area contributed by atoms with Gasteiger partial charge in [-0.1, -0.05) is 36.6 Å². The average molecular weight is 356 g/mol. The van der Waals surface area contributed by atoms with E-state index in [1.807, 2.05) is 12.1 Å². The highest BCUT2D eigenvalue weighted by Gasteiger charge is 2.25. The van der Waals surface area contributed by atoms with E-state index in [1.54, 1.807) is 25.1 Å². The van der Waals surface area contributed by atoms with Crippen molar-refractivity contribution >= 4 is 23.5 Å². The predicted molar refractivity (Wildman–Crippen MR) is 98.0 cm³/mol. The molecule has 5 nitrogen and oxygen atoms in total. The summed E-state index contributed by atoms with van der Waals surface area (Å²) in [6.45, 7) is 1.65. The highest BCUT2D eigenvalue weighted by molar-refractivity contribution is 6.33. The Labute approximate surface area is 150 Å². The molecule has 6 heteroatoms. The lowest BCUT2D eigenvalue weighted by Gasteiger charge is -2.19. The number of hydrogen-bond donors (Lipinski definition) is 1. The van der Waals surface area contributed by atoms with Gasteiger partial charge in [-0.3, -0.25) is 14.4 Å². The van der Waals surface area contributed by atoms with Crippen LogP contribution < -0.4 is 5.56 Å². The van der Waals surface area contributed by atoms with Gasteiger partial charge in [0.2, 0.25) is 5.88 Å². The van der Waals surface area contributed by atoms with Gasteiger partial charge in [0.1, 0.15) is 11.6 Å². The molecule has 0 bridgehead atoms. The van der Waals surface area contributed by atoms with E-state index in [0.717, 1.165) is 25.7 Å². The number of para-hydroxylation sites is 1. The number of rotatable bonds is 3. The summed E-state index contributed by atoms with van der Waals surface area (Å²) in [6.07, 6.45) is 5.13. The largest absolute Gasteiger partial charge is 0.494 e. The van der Waals surface area contributed by atoms with Crippen molar-refractivity contribution in [2.24, 2.45) is 4.99 Å². The van der Waals surface area contributed by atoms with Gasteiger partial charge in [-0.25, -0.2) is 0 Å². The Bertz CT molecular complexity index is 935. The molecule has 0 unspecified atom stereocenters. The number of benzene rings is 1. The van der Waals surface area contributed by atoms with Gasteiger partial charge >= 0.3 is 0 Å². The van der Waals surface area contributed by atoms with Crippen LogP contribution in [-0.4, -0.2) is 15.9 Å². The summed E-state index contributed by atoms with van der Waals surface area (Å²) in [7, 11) is 0. The zero-order chi connectivity index (χ0) is 18.0. The molecule has 128 valence electrons. The fourth-order valence-electron chi connectivity index (χ4n) is 3.29. The summed E-state index contributed by atoms with van der Waals surface area (Å²) in [5.41, 5.74) is 0.975. The van der Waals surface area contributed by atoms with Gasteiger partial charge in [-0.05, 0) is 37.5 Å². The van der Waals surface area contributed by atoms with E-state index in [9.17, 15) is 15.2 Å². The van der Waals surface area contributed by atoms with Gasteiger partial charge in [-0.15, -0.1) is 0 Å². The second kappa shape index (κ2) is 7.12. The van der Waals surface area contributed by atoms with E-state index in [0.29, 0.717) is 21.8 Å².